The number of nitrogen functional groups attached to an aromatic ring is 1. The SMILES string of the molecule is CCc1c(N)ncnc1N(CC(N)=O)CC(C)C. The third-order valence-corrected chi connectivity index (χ3v) is 2.54. The minimum Gasteiger partial charge on any atom is -0.383 e. The van der Waals surface area contributed by atoms with E-state index in [1.165, 1.54) is 6.33 Å². The van der Waals surface area contributed by atoms with Crippen LogP contribution in [0.15, 0.2) is 6.33 Å². The molecule has 4 N–H and O–H groups in total. The first kappa shape index (κ1) is 14.2. The summed E-state index contributed by atoms with van der Waals surface area (Å²) in [5, 5.41) is 0. The Bertz CT molecular complexity index is 419. The van der Waals surface area contributed by atoms with E-state index >= 15 is 0 Å². The minimum atomic E-state index is -0.380. The molecule has 100 valence electrons. The molecule has 18 heavy (non-hydrogen) atoms. The standard InChI is InChI=1S/C12H21N5O/c1-4-9-11(14)15-7-16-12(9)17(5-8(2)3)6-10(13)18/h7-8H,4-6H2,1-3H3,(H2,13,18)(H2,14,15,16). The molecule has 0 bridgehead atoms. The summed E-state index contributed by atoms with van der Waals surface area (Å²) in [6, 6.07) is 0. The molecule has 0 fully saturated rings. The molecule has 0 saturated carbocycles. The highest BCUT2D eigenvalue weighted by Gasteiger charge is 2.17. The molecule has 1 aromatic heterocycles. The van der Waals surface area contributed by atoms with Gasteiger partial charge in [0.15, 0.2) is 0 Å². The molecule has 1 aromatic rings. The van der Waals surface area contributed by atoms with Crippen molar-refractivity contribution in [3.63, 3.8) is 0 Å². The predicted molar refractivity (Wildman–Crippen MR) is 72.1 cm³/mol. The summed E-state index contributed by atoms with van der Waals surface area (Å²) in [7, 11) is 0. The lowest BCUT2D eigenvalue weighted by molar-refractivity contribution is -0.116. The fraction of sp³-hybridized carbons (Fsp3) is 0.583. The molecule has 0 aliphatic rings. The minimum absolute atomic E-state index is 0.141. The first-order valence-electron chi connectivity index (χ1n) is 6.08. The van der Waals surface area contributed by atoms with Gasteiger partial charge in [-0.05, 0) is 12.3 Å². The zero-order valence-electron chi connectivity index (χ0n) is 11.2. The van der Waals surface area contributed by atoms with Crippen molar-refractivity contribution in [2.75, 3.05) is 23.7 Å². The highest BCUT2D eigenvalue weighted by molar-refractivity contribution is 5.79. The number of anilines is 2. The van der Waals surface area contributed by atoms with Crippen molar-refractivity contribution in [3.05, 3.63) is 11.9 Å². The molecular formula is C12H21N5O. The molecule has 0 unspecified atom stereocenters. The number of carbonyl (C=O) groups is 1. The van der Waals surface area contributed by atoms with Crippen molar-refractivity contribution in [1.29, 1.82) is 0 Å². The average Bonchev–Trinajstić information content (AvgIpc) is 2.26. The van der Waals surface area contributed by atoms with E-state index in [0.717, 1.165) is 12.0 Å². The molecule has 0 radical (unpaired) electrons. The maximum Gasteiger partial charge on any atom is 0.236 e. The average molecular weight is 251 g/mol. The largest absolute Gasteiger partial charge is 0.383 e. The Labute approximate surface area is 107 Å². The summed E-state index contributed by atoms with van der Waals surface area (Å²) in [4.78, 5) is 21.2. The van der Waals surface area contributed by atoms with Gasteiger partial charge >= 0.3 is 0 Å². The fourth-order valence-electron chi connectivity index (χ4n) is 1.88. The number of nitrogens with zero attached hydrogens (tertiary/aromatic N) is 3. The lowest BCUT2D eigenvalue weighted by Crippen LogP contribution is -2.37. The van der Waals surface area contributed by atoms with Gasteiger partial charge in [-0.2, -0.15) is 0 Å². The topological polar surface area (TPSA) is 98.1 Å². The van der Waals surface area contributed by atoms with Gasteiger partial charge in [-0.15, -0.1) is 0 Å². The van der Waals surface area contributed by atoms with Gasteiger partial charge in [0.25, 0.3) is 0 Å². The van der Waals surface area contributed by atoms with Crippen molar-refractivity contribution in [2.45, 2.75) is 27.2 Å². The lowest BCUT2D eigenvalue weighted by Gasteiger charge is -2.26. The first-order valence-corrected chi connectivity index (χ1v) is 6.08. The summed E-state index contributed by atoms with van der Waals surface area (Å²) in [5.74, 6) is 1.18. The van der Waals surface area contributed by atoms with Gasteiger partial charge in [-0.3, -0.25) is 4.79 Å². The molecule has 1 rings (SSSR count). The number of primary amides is 1. The van der Waals surface area contributed by atoms with Crippen molar-refractivity contribution >= 4 is 17.5 Å². The summed E-state index contributed by atoms with van der Waals surface area (Å²) in [6.07, 6.45) is 2.13. The van der Waals surface area contributed by atoms with Crippen LogP contribution in [0.4, 0.5) is 11.6 Å². The van der Waals surface area contributed by atoms with Crippen LogP contribution >= 0.6 is 0 Å². The monoisotopic (exact) mass is 251 g/mol. The third-order valence-electron chi connectivity index (χ3n) is 2.54. The number of carbonyl (C=O) groups excluding carboxylic acids is 1. The first-order chi connectivity index (χ1) is 8.45. The maximum absolute atomic E-state index is 11.2. The summed E-state index contributed by atoms with van der Waals surface area (Å²) < 4.78 is 0. The normalized spacial score (nSPS) is 10.7. The molecule has 0 aliphatic heterocycles. The molecule has 0 aliphatic carbocycles. The zero-order valence-corrected chi connectivity index (χ0v) is 11.2. The van der Waals surface area contributed by atoms with Crippen LogP contribution in [0.25, 0.3) is 0 Å². The summed E-state index contributed by atoms with van der Waals surface area (Å²) in [6.45, 7) is 6.97. The Morgan fingerprint density at radius 3 is 2.61 bits per heavy atom. The van der Waals surface area contributed by atoms with Gasteiger partial charge in [0.05, 0.1) is 6.54 Å². The number of hydrogen-bond acceptors (Lipinski definition) is 5. The van der Waals surface area contributed by atoms with Gasteiger partial charge < -0.3 is 16.4 Å². The molecular weight excluding hydrogens is 230 g/mol. The van der Waals surface area contributed by atoms with Gasteiger partial charge in [-0.25, -0.2) is 9.97 Å². The van der Waals surface area contributed by atoms with E-state index in [0.29, 0.717) is 24.1 Å². The molecule has 0 aromatic carbocycles. The molecule has 0 spiro atoms. The Balaban J connectivity index is 3.11. The van der Waals surface area contributed by atoms with Crippen molar-refractivity contribution in [3.8, 4) is 0 Å². The highest BCUT2D eigenvalue weighted by atomic mass is 16.1. The number of hydrogen-bond donors (Lipinski definition) is 2. The smallest absolute Gasteiger partial charge is 0.236 e. The molecule has 6 heteroatoms. The second-order valence-corrected chi connectivity index (χ2v) is 4.66. The highest BCUT2D eigenvalue weighted by Crippen LogP contribution is 2.22. The van der Waals surface area contributed by atoms with Crippen LogP contribution in [-0.4, -0.2) is 29.0 Å². The second kappa shape index (κ2) is 6.18. The number of rotatable bonds is 6. The quantitative estimate of drug-likeness (QED) is 0.770. The van der Waals surface area contributed by atoms with Crippen LogP contribution in [0, 0.1) is 5.92 Å². The number of nitrogens with two attached hydrogens (primary N) is 2. The van der Waals surface area contributed by atoms with E-state index in [-0.39, 0.29) is 12.5 Å². The maximum atomic E-state index is 11.2. The molecule has 0 saturated heterocycles. The predicted octanol–water partition coefficient (Wildman–Crippen LogP) is 0.569. The van der Waals surface area contributed by atoms with E-state index in [9.17, 15) is 4.79 Å². The second-order valence-electron chi connectivity index (χ2n) is 4.66. The fourth-order valence-corrected chi connectivity index (χ4v) is 1.88. The van der Waals surface area contributed by atoms with Gasteiger partial charge in [0.1, 0.15) is 18.0 Å². The Morgan fingerprint density at radius 2 is 2.11 bits per heavy atom. The van der Waals surface area contributed by atoms with Gasteiger partial charge in [0.2, 0.25) is 5.91 Å². The molecule has 1 amide bonds. The van der Waals surface area contributed by atoms with Crippen molar-refractivity contribution in [2.24, 2.45) is 11.7 Å². The van der Waals surface area contributed by atoms with Crippen molar-refractivity contribution < 1.29 is 4.79 Å². The van der Waals surface area contributed by atoms with E-state index in [4.69, 9.17) is 11.5 Å². The molecule has 0 atom stereocenters. The van der Waals surface area contributed by atoms with Crippen LogP contribution in [0.2, 0.25) is 0 Å². The van der Waals surface area contributed by atoms with Gasteiger partial charge in [-0.1, -0.05) is 20.8 Å². The van der Waals surface area contributed by atoms with Crippen LogP contribution in [0.5, 0.6) is 0 Å². The molecule has 6 nitrogen and oxygen atoms in total. The summed E-state index contributed by atoms with van der Waals surface area (Å²) in [5.41, 5.74) is 12.0. The Kier molecular flexibility index (Phi) is 4.88. The Morgan fingerprint density at radius 1 is 1.44 bits per heavy atom. The van der Waals surface area contributed by atoms with E-state index in [2.05, 4.69) is 23.8 Å². The molecule has 1 heterocycles. The van der Waals surface area contributed by atoms with Crippen LogP contribution in [0.3, 0.4) is 0 Å². The summed E-state index contributed by atoms with van der Waals surface area (Å²) >= 11 is 0. The van der Waals surface area contributed by atoms with E-state index in [1.807, 2.05) is 11.8 Å². The van der Waals surface area contributed by atoms with Gasteiger partial charge in [0, 0.05) is 12.1 Å². The van der Waals surface area contributed by atoms with Crippen molar-refractivity contribution in [1.82, 2.24) is 9.97 Å². The van der Waals surface area contributed by atoms with Crippen LogP contribution in [-0.2, 0) is 11.2 Å². The zero-order chi connectivity index (χ0) is 13.7. The van der Waals surface area contributed by atoms with E-state index < -0.39 is 0 Å². The van der Waals surface area contributed by atoms with Crippen LogP contribution < -0.4 is 16.4 Å². The number of aromatic nitrogens is 2. The number of amides is 1. The van der Waals surface area contributed by atoms with E-state index in [1.54, 1.807) is 0 Å². The lowest BCUT2D eigenvalue weighted by atomic mass is 10.1. The van der Waals surface area contributed by atoms with Crippen LogP contribution in [0.1, 0.15) is 26.3 Å². The Hall–Kier alpha value is -1.85. The third kappa shape index (κ3) is 3.58.